The molecule has 0 saturated carbocycles. The molecule has 0 spiro atoms. The number of hydrogen-bond donors (Lipinski definition) is 2. The van der Waals surface area contributed by atoms with Gasteiger partial charge in [-0.05, 0) is 37.9 Å². The first-order valence-corrected chi connectivity index (χ1v) is 6.14. The Labute approximate surface area is 107 Å². The lowest BCUT2D eigenvalue weighted by Gasteiger charge is -2.08. The summed E-state index contributed by atoms with van der Waals surface area (Å²) in [6.45, 7) is 2.80. The molecule has 0 bridgehead atoms. The number of H-pyrrole nitrogens is 1. The van der Waals surface area contributed by atoms with E-state index in [0.29, 0.717) is 6.54 Å². The second kappa shape index (κ2) is 5.31. The van der Waals surface area contributed by atoms with E-state index in [1.807, 2.05) is 12.1 Å². The van der Waals surface area contributed by atoms with Crippen molar-refractivity contribution in [3.05, 3.63) is 23.4 Å². The van der Waals surface area contributed by atoms with Crippen molar-refractivity contribution in [1.29, 1.82) is 0 Å². The predicted octanol–water partition coefficient (Wildman–Crippen LogP) is 2.38. The molecule has 0 aliphatic rings. The number of nitrogens with one attached hydrogen (secondary N) is 1. The highest BCUT2D eigenvalue weighted by atomic mass is 16.5. The zero-order valence-electron chi connectivity index (χ0n) is 11.2. The number of aromatic nitrogens is 1. The molecule has 1 aromatic carbocycles. The smallest absolute Gasteiger partial charge is 0.162 e. The highest BCUT2D eigenvalue weighted by molar-refractivity contribution is 5.88. The van der Waals surface area contributed by atoms with Crippen LogP contribution in [0.1, 0.15) is 17.7 Å². The van der Waals surface area contributed by atoms with Crippen LogP contribution in [-0.2, 0) is 6.42 Å². The Morgan fingerprint density at radius 2 is 1.83 bits per heavy atom. The van der Waals surface area contributed by atoms with Crippen LogP contribution in [0.5, 0.6) is 11.5 Å². The molecule has 0 unspecified atom stereocenters. The molecule has 4 nitrogen and oxygen atoms in total. The van der Waals surface area contributed by atoms with E-state index < -0.39 is 0 Å². The van der Waals surface area contributed by atoms with E-state index in [2.05, 4.69) is 11.9 Å². The number of nitrogens with two attached hydrogens (primary N) is 1. The van der Waals surface area contributed by atoms with Crippen molar-refractivity contribution < 1.29 is 9.47 Å². The summed E-state index contributed by atoms with van der Waals surface area (Å²) >= 11 is 0. The Morgan fingerprint density at radius 1 is 1.17 bits per heavy atom. The van der Waals surface area contributed by atoms with Gasteiger partial charge in [0.05, 0.1) is 14.2 Å². The Kier molecular flexibility index (Phi) is 3.77. The van der Waals surface area contributed by atoms with Gasteiger partial charge in [0.25, 0.3) is 0 Å². The number of methoxy groups -OCH3 is 2. The first-order chi connectivity index (χ1) is 8.71. The van der Waals surface area contributed by atoms with Crippen molar-refractivity contribution in [2.24, 2.45) is 5.73 Å². The van der Waals surface area contributed by atoms with E-state index >= 15 is 0 Å². The van der Waals surface area contributed by atoms with E-state index in [1.165, 1.54) is 16.6 Å². The van der Waals surface area contributed by atoms with Gasteiger partial charge < -0.3 is 20.2 Å². The van der Waals surface area contributed by atoms with Gasteiger partial charge in [-0.15, -0.1) is 0 Å². The lowest BCUT2D eigenvalue weighted by atomic mass is 10.1. The van der Waals surface area contributed by atoms with E-state index in [0.717, 1.165) is 29.9 Å². The van der Waals surface area contributed by atoms with Crippen LogP contribution in [0.3, 0.4) is 0 Å². The van der Waals surface area contributed by atoms with Crippen molar-refractivity contribution in [2.45, 2.75) is 19.8 Å². The van der Waals surface area contributed by atoms with Gasteiger partial charge in [0.15, 0.2) is 11.5 Å². The minimum absolute atomic E-state index is 0.708. The molecular weight excluding hydrogens is 228 g/mol. The molecule has 98 valence electrons. The standard InChI is InChI=1S/C14H20N2O2/c1-9-10(5-4-6-15)11-7-13(17-2)14(18-3)8-12(11)16-9/h7-8,16H,4-6,15H2,1-3H3. The van der Waals surface area contributed by atoms with Gasteiger partial charge in [-0.25, -0.2) is 0 Å². The Bertz CT molecular complexity index is 546. The summed E-state index contributed by atoms with van der Waals surface area (Å²) in [4.78, 5) is 3.39. The molecule has 2 aromatic rings. The topological polar surface area (TPSA) is 60.3 Å². The molecular formula is C14H20N2O2. The highest BCUT2D eigenvalue weighted by Crippen LogP contribution is 2.34. The summed E-state index contributed by atoms with van der Waals surface area (Å²) in [5.74, 6) is 1.51. The highest BCUT2D eigenvalue weighted by Gasteiger charge is 2.12. The van der Waals surface area contributed by atoms with Gasteiger partial charge in [0.2, 0.25) is 0 Å². The Balaban J connectivity index is 2.55. The maximum Gasteiger partial charge on any atom is 0.162 e. The van der Waals surface area contributed by atoms with Gasteiger partial charge in [0, 0.05) is 22.7 Å². The molecule has 0 radical (unpaired) electrons. The fourth-order valence-corrected chi connectivity index (χ4v) is 2.31. The summed E-state index contributed by atoms with van der Waals surface area (Å²) in [7, 11) is 3.30. The quantitative estimate of drug-likeness (QED) is 0.854. The van der Waals surface area contributed by atoms with Gasteiger partial charge in [-0.3, -0.25) is 0 Å². The summed E-state index contributed by atoms with van der Waals surface area (Å²) in [5, 5.41) is 1.19. The molecule has 18 heavy (non-hydrogen) atoms. The molecule has 0 aliphatic carbocycles. The van der Waals surface area contributed by atoms with Crippen molar-refractivity contribution in [3.8, 4) is 11.5 Å². The van der Waals surface area contributed by atoms with Crippen LogP contribution in [0, 0.1) is 6.92 Å². The summed E-state index contributed by atoms with van der Waals surface area (Å²) < 4.78 is 10.7. The number of rotatable bonds is 5. The lowest BCUT2D eigenvalue weighted by Crippen LogP contribution is -2.00. The maximum atomic E-state index is 5.59. The molecule has 4 heteroatoms. The lowest BCUT2D eigenvalue weighted by molar-refractivity contribution is 0.356. The number of benzene rings is 1. The van der Waals surface area contributed by atoms with E-state index in [4.69, 9.17) is 15.2 Å². The van der Waals surface area contributed by atoms with Crippen LogP contribution in [0.15, 0.2) is 12.1 Å². The third kappa shape index (κ3) is 2.16. The van der Waals surface area contributed by atoms with Gasteiger partial charge in [0.1, 0.15) is 0 Å². The van der Waals surface area contributed by atoms with Crippen molar-refractivity contribution in [3.63, 3.8) is 0 Å². The average Bonchev–Trinajstić information content (AvgIpc) is 2.69. The van der Waals surface area contributed by atoms with Gasteiger partial charge in [-0.2, -0.15) is 0 Å². The largest absolute Gasteiger partial charge is 0.493 e. The van der Waals surface area contributed by atoms with Crippen LogP contribution in [-0.4, -0.2) is 25.7 Å². The van der Waals surface area contributed by atoms with Crippen LogP contribution in [0.2, 0.25) is 0 Å². The minimum Gasteiger partial charge on any atom is -0.493 e. The molecule has 0 aliphatic heterocycles. The second-order valence-corrected chi connectivity index (χ2v) is 4.37. The molecule has 0 saturated heterocycles. The van der Waals surface area contributed by atoms with E-state index in [1.54, 1.807) is 14.2 Å². The molecule has 2 rings (SSSR count). The summed E-state index contributed by atoms with van der Waals surface area (Å²) in [5.41, 5.74) is 9.17. The van der Waals surface area contributed by atoms with Gasteiger partial charge in [-0.1, -0.05) is 0 Å². The molecule has 0 atom stereocenters. The number of fused-ring (bicyclic) bond motifs is 1. The monoisotopic (exact) mass is 248 g/mol. The second-order valence-electron chi connectivity index (χ2n) is 4.37. The van der Waals surface area contributed by atoms with Crippen molar-refractivity contribution in [2.75, 3.05) is 20.8 Å². The summed E-state index contributed by atoms with van der Waals surface area (Å²) in [6, 6.07) is 4.01. The first-order valence-electron chi connectivity index (χ1n) is 6.14. The van der Waals surface area contributed by atoms with Crippen LogP contribution < -0.4 is 15.2 Å². The molecule has 1 aromatic heterocycles. The average molecular weight is 248 g/mol. The fraction of sp³-hybridized carbons (Fsp3) is 0.429. The molecule has 3 N–H and O–H groups in total. The Morgan fingerprint density at radius 3 is 2.44 bits per heavy atom. The van der Waals surface area contributed by atoms with Crippen molar-refractivity contribution >= 4 is 10.9 Å². The first kappa shape index (κ1) is 12.8. The normalized spacial score (nSPS) is 10.9. The molecule has 0 fully saturated rings. The Hall–Kier alpha value is -1.68. The van der Waals surface area contributed by atoms with Gasteiger partial charge >= 0.3 is 0 Å². The third-order valence-corrected chi connectivity index (χ3v) is 3.25. The van der Waals surface area contributed by atoms with Crippen molar-refractivity contribution in [1.82, 2.24) is 4.98 Å². The molecule has 1 heterocycles. The number of aromatic amines is 1. The van der Waals surface area contributed by atoms with Crippen LogP contribution in [0.25, 0.3) is 10.9 Å². The number of aryl methyl sites for hydroxylation is 2. The predicted molar refractivity (Wildman–Crippen MR) is 73.5 cm³/mol. The van der Waals surface area contributed by atoms with E-state index in [-0.39, 0.29) is 0 Å². The fourth-order valence-electron chi connectivity index (χ4n) is 2.31. The maximum absolute atomic E-state index is 5.59. The zero-order chi connectivity index (χ0) is 13.1. The number of hydrogen-bond acceptors (Lipinski definition) is 3. The SMILES string of the molecule is COc1cc2[nH]c(C)c(CCCN)c2cc1OC. The zero-order valence-corrected chi connectivity index (χ0v) is 11.2. The van der Waals surface area contributed by atoms with Crippen LogP contribution >= 0.6 is 0 Å². The van der Waals surface area contributed by atoms with Crippen LogP contribution in [0.4, 0.5) is 0 Å². The van der Waals surface area contributed by atoms with E-state index in [9.17, 15) is 0 Å². The number of ether oxygens (including phenoxy) is 2. The molecule has 0 amide bonds. The summed E-state index contributed by atoms with van der Waals surface area (Å²) in [6.07, 6.45) is 1.97. The minimum atomic E-state index is 0.708. The third-order valence-electron chi connectivity index (χ3n) is 3.25.